The average molecular weight is 455 g/mol. The molecule has 0 fully saturated rings. The lowest BCUT2D eigenvalue weighted by Gasteiger charge is -2.22. The standard InChI is InChI=1S/C30H30O2S/c1-5-13-25(14-6-1)21-29(31-27-17-9-3-10-18-27)23-33-24-30(22-26-15-7-2-8-16-26)32-28-19-11-4-12-20-28/h1-20,29-30H,21-24H2. The fraction of sp³-hybridized carbons (Fsp3) is 0.200. The molecule has 2 atom stereocenters. The van der Waals surface area contributed by atoms with Gasteiger partial charge in [-0.05, 0) is 35.4 Å². The van der Waals surface area contributed by atoms with Crippen molar-refractivity contribution in [3.05, 3.63) is 132 Å². The first-order valence-corrected chi connectivity index (χ1v) is 12.6. The highest BCUT2D eigenvalue weighted by atomic mass is 32.2. The Bertz CT molecular complexity index is 870. The van der Waals surface area contributed by atoms with Crippen LogP contribution in [0.25, 0.3) is 0 Å². The molecule has 33 heavy (non-hydrogen) atoms. The van der Waals surface area contributed by atoms with Gasteiger partial charge in [0.2, 0.25) is 0 Å². The largest absolute Gasteiger partial charge is 0.489 e. The monoisotopic (exact) mass is 454 g/mol. The molecule has 0 N–H and O–H groups in total. The van der Waals surface area contributed by atoms with Crippen molar-refractivity contribution in [2.45, 2.75) is 25.0 Å². The van der Waals surface area contributed by atoms with Gasteiger partial charge in [0, 0.05) is 24.3 Å². The van der Waals surface area contributed by atoms with Crippen LogP contribution in [0, 0.1) is 0 Å². The summed E-state index contributed by atoms with van der Waals surface area (Å²) in [7, 11) is 0. The molecule has 0 saturated carbocycles. The van der Waals surface area contributed by atoms with E-state index >= 15 is 0 Å². The second kappa shape index (κ2) is 12.8. The van der Waals surface area contributed by atoms with Gasteiger partial charge < -0.3 is 9.47 Å². The van der Waals surface area contributed by atoms with Crippen molar-refractivity contribution in [3.8, 4) is 11.5 Å². The van der Waals surface area contributed by atoms with Crippen molar-refractivity contribution in [2.24, 2.45) is 0 Å². The van der Waals surface area contributed by atoms with Gasteiger partial charge >= 0.3 is 0 Å². The maximum atomic E-state index is 6.38. The summed E-state index contributed by atoms with van der Waals surface area (Å²) in [4.78, 5) is 0. The van der Waals surface area contributed by atoms with Crippen molar-refractivity contribution in [1.29, 1.82) is 0 Å². The number of hydrogen-bond donors (Lipinski definition) is 0. The van der Waals surface area contributed by atoms with E-state index in [-0.39, 0.29) is 12.2 Å². The van der Waals surface area contributed by atoms with E-state index in [1.54, 1.807) is 0 Å². The highest BCUT2D eigenvalue weighted by Gasteiger charge is 2.16. The zero-order valence-corrected chi connectivity index (χ0v) is 19.6. The fourth-order valence-electron chi connectivity index (χ4n) is 3.74. The van der Waals surface area contributed by atoms with Gasteiger partial charge in [0.15, 0.2) is 0 Å². The molecular formula is C30H30O2S. The number of benzene rings is 4. The van der Waals surface area contributed by atoms with Gasteiger partial charge in [0.05, 0.1) is 0 Å². The minimum atomic E-state index is 0.0916. The fourth-order valence-corrected chi connectivity index (χ4v) is 4.77. The van der Waals surface area contributed by atoms with Gasteiger partial charge in [-0.2, -0.15) is 11.8 Å². The predicted molar refractivity (Wildman–Crippen MR) is 139 cm³/mol. The Balaban J connectivity index is 1.40. The van der Waals surface area contributed by atoms with Crippen LogP contribution in [0.15, 0.2) is 121 Å². The molecule has 0 spiro atoms. The van der Waals surface area contributed by atoms with Crippen LogP contribution in [0.5, 0.6) is 11.5 Å². The van der Waals surface area contributed by atoms with Crippen LogP contribution in [-0.2, 0) is 12.8 Å². The Morgan fingerprint density at radius 3 is 1.15 bits per heavy atom. The van der Waals surface area contributed by atoms with Crippen molar-refractivity contribution >= 4 is 11.8 Å². The van der Waals surface area contributed by atoms with Crippen molar-refractivity contribution in [2.75, 3.05) is 11.5 Å². The Morgan fingerprint density at radius 2 is 0.788 bits per heavy atom. The van der Waals surface area contributed by atoms with E-state index in [1.807, 2.05) is 72.4 Å². The van der Waals surface area contributed by atoms with Crippen LogP contribution in [0.4, 0.5) is 0 Å². The average Bonchev–Trinajstić information content (AvgIpc) is 2.86. The van der Waals surface area contributed by atoms with Crippen LogP contribution in [-0.4, -0.2) is 23.7 Å². The summed E-state index contributed by atoms with van der Waals surface area (Å²) < 4.78 is 12.8. The minimum Gasteiger partial charge on any atom is -0.489 e. The SMILES string of the molecule is c1ccc(CC(CSCC(Cc2ccccc2)Oc2ccccc2)Oc2ccccc2)cc1. The lowest BCUT2D eigenvalue weighted by molar-refractivity contribution is 0.221. The third-order valence-corrected chi connectivity index (χ3v) is 6.53. The van der Waals surface area contributed by atoms with Gasteiger partial charge in [-0.15, -0.1) is 0 Å². The van der Waals surface area contributed by atoms with Crippen LogP contribution >= 0.6 is 11.8 Å². The van der Waals surface area contributed by atoms with E-state index in [9.17, 15) is 0 Å². The van der Waals surface area contributed by atoms with Crippen molar-refractivity contribution < 1.29 is 9.47 Å². The summed E-state index contributed by atoms with van der Waals surface area (Å²) in [5, 5.41) is 0. The molecule has 0 aliphatic heterocycles. The number of thioether (sulfide) groups is 1. The number of para-hydroxylation sites is 2. The molecule has 0 heterocycles. The van der Waals surface area contributed by atoms with Crippen LogP contribution in [0.1, 0.15) is 11.1 Å². The second-order valence-electron chi connectivity index (χ2n) is 8.02. The van der Waals surface area contributed by atoms with Gasteiger partial charge in [-0.25, -0.2) is 0 Å². The molecule has 0 aromatic heterocycles. The van der Waals surface area contributed by atoms with Gasteiger partial charge in [-0.3, -0.25) is 0 Å². The Hall–Kier alpha value is -3.17. The first-order valence-electron chi connectivity index (χ1n) is 11.4. The molecule has 2 unspecified atom stereocenters. The molecule has 0 aliphatic carbocycles. The van der Waals surface area contributed by atoms with Crippen LogP contribution in [0.2, 0.25) is 0 Å². The highest BCUT2D eigenvalue weighted by molar-refractivity contribution is 7.99. The molecule has 168 valence electrons. The molecule has 0 radical (unpaired) electrons. The molecular weight excluding hydrogens is 424 g/mol. The third-order valence-electron chi connectivity index (χ3n) is 5.31. The third kappa shape index (κ3) is 8.03. The maximum absolute atomic E-state index is 6.38. The minimum absolute atomic E-state index is 0.0916. The first-order chi connectivity index (χ1) is 16.3. The van der Waals surface area contributed by atoms with Gasteiger partial charge in [-0.1, -0.05) is 97.1 Å². The zero-order chi connectivity index (χ0) is 22.6. The van der Waals surface area contributed by atoms with Crippen molar-refractivity contribution in [1.82, 2.24) is 0 Å². The van der Waals surface area contributed by atoms with Crippen LogP contribution in [0.3, 0.4) is 0 Å². The summed E-state index contributed by atoms with van der Waals surface area (Å²) in [5.74, 6) is 3.63. The molecule has 2 nitrogen and oxygen atoms in total. The predicted octanol–water partition coefficient (Wildman–Crippen LogP) is 7.10. The number of hydrogen-bond acceptors (Lipinski definition) is 3. The Morgan fingerprint density at radius 1 is 0.455 bits per heavy atom. The molecule has 4 aromatic rings. The lowest BCUT2D eigenvalue weighted by Crippen LogP contribution is -2.26. The van der Waals surface area contributed by atoms with Crippen LogP contribution < -0.4 is 9.47 Å². The molecule has 0 saturated heterocycles. The normalized spacial score (nSPS) is 12.6. The number of rotatable bonds is 12. The van der Waals surface area contributed by atoms with Gasteiger partial charge in [0.25, 0.3) is 0 Å². The summed E-state index contributed by atoms with van der Waals surface area (Å²) in [5.41, 5.74) is 2.58. The van der Waals surface area contributed by atoms with E-state index < -0.39 is 0 Å². The van der Waals surface area contributed by atoms with Crippen molar-refractivity contribution in [3.63, 3.8) is 0 Å². The molecule has 4 aromatic carbocycles. The zero-order valence-electron chi connectivity index (χ0n) is 18.8. The summed E-state index contributed by atoms with van der Waals surface area (Å²) in [6.07, 6.45) is 1.94. The van der Waals surface area contributed by atoms with E-state index in [0.29, 0.717) is 0 Å². The van der Waals surface area contributed by atoms with E-state index in [2.05, 4.69) is 60.7 Å². The second-order valence-corrected chi connectivity index (χ2v) is 9.10. The summed E-state index contributed by atoms with van der Waals surface area (Å²) >= 11 is 1.90. The molecule has 0 bridgehead atoms. The topological polar surface area (TPSA) is 18.5 Å². The number of ether oxygens (including phenoxy) is 2. The van der Waals surface area contributed by atoms with E-state index in [1.165, 1.54) is 11.1 Å². The Labute approximate surface area is 201 Å². The molecule has 0 amide bonds. The maximum Gasteiger partial charge on any atom is 0.119 e. The quantitative estimate of drug-likeness (QED) is 0.227. The van der Waals surface area contributed by atoms with E-state index in [0.717, 1.165) is 35.8 Å². The summed E-state index contributed by atoms with van der Waals surface area (Å²) in [6.45, 7) is 0. The smallest absolute Gasteiger partial charge is 0.119 e. The highest BCUT2D eigenvalue weighted by Crippen LogP contribution is 2.21. The lowest BCUT2D eigenvalue weighted by atomic mass is 10.1. The molecule has 0 aliphatic rings. The first kappa shape index (κ1) is 23.0. The molecule has 3 heteroatoms. The molecule has 4 rings (SSSR count). The summed E-state index contributed by atoms with van der Waals surface area (Å²) in [6, 6.07) is 41.4. The van der Waals surface area contributed by atoms with Gasteiger partial charge in [0.1, 0.15) is 23.7 Å². The van der Waals surface area contributed by atoms with E-state index in [4.69, 9.17) is 9.47 Å². The Kier molecular flexibility index (Phi) is 8.90.